The monoisotopic (exact) mass is 260 g/mol. The van der Waals surface area contributed by atoms with E-state index in [2.05, 4.69) is 15.3 Å². The highest BCUT2D eigenvalue weighted by Gasteiger charge is 2.09. The zero-order valence-electron chi connectivity index (χ0n) is 9.79. The van der Waals surface area contributed by atoms with E-state index in [0.717, 1.165) is 5.56 Å². The molecule has 0 amide bonds. The van der Waals surface area contributed by atoms with Crippen molar-refractivity contribution in [3.63, 3.8) is 0 Å². The first-order chi connectivity index (χ1) is 8.69. The predicted molar refractivity (Wildman–Crippen MR) is 69.3 cm³/mol. The molecule has 2 heterocycles. The van der Waals surface area contributed by atoms with E-state index in [1.165, 1.54) is 11.3 Å². The predicted octanol–water partition coefficient (Wildman–Crippen LogP) is 1.86. The normalized spacial score (nSPS) is 11.8. The summed E-state index contributed by atoms with van der Waals surface area (Å²) in [6, 6.07) is 5.45. The van der Waals surface area contributed by atoms with Crippen molar-refractivity contribution in [2.75, 3.05) is 11.9 Å². The van der Waals surface area contributed by atoms with E-state index in [9.17, 15) is 5.11 Å². The Morgan fingerprint density at radius 1 is 1.56 bits per heavy atom. The molecule has 0 saturated heterocycles. The smallest absolute Gasteiger partial charge is 0.224 e. The minimum atomic E-state index is -0.606. The van der Waals surface area contributed by atoms with Crippen LogP contribution >= 0.6 is 11.3 Å². The molecule has 92 valence electrons. The van der Waals surface area contributed by atoms with Gasteiger partial charge in [-0.1, -0.05) is 0 Å². The van der Waals surface area contributed by atoms with Crippen molar-refractivity contribution in [2.24, 2.45) is 0 Å². The Bertz CT molecular complexity index is 562. The van der Waals surface area contributed by atoms with Gasteiger partial charge < -0.3 is 10.4 Å². The molecule has 6 heteroatoms. The van der Waals surface area contributed by atoms with Gasteiger partial charge in [-0.15, -0.1) is 0 Å². The quantitative estimate of drug-likeness (QED) is 0.877. The molecular formula is C12H12N4OS. The Kier molecular flexibility index (Phi) is 3.87. The fourth-order valence-electron chi connectivity index (χ4n) is 1.48. The lowest BCUT2D eigenvalue weighted by molar-refractivity contribution is 0.192. The molecule has 0 saturated carbocycles. The van der Waals surface area contributed by atoms with E-state index in [0.29, 0.717) is 23.9 Å². The molecule has 1 unspecified atom stereocenters. The molecule has 2 rings (SSSR count). The largest absolute Gasteiger partial charge is 0.387 e. The van der Waals surface area contributed by atoms with Crippen molar-refractivity contribution in [1.29, 1.82) is 5.26 Å². The second-order valence-corrected chi connectivity index (χ2v) is 4.56. The van der Waals surface area contributed by atoms with Gasteiger partial charge in [0.1, 0.15) is 11.8 Å². The van der Waals surface area contributed by atoms with E-state index in [-0.39, 0.29) is 0 Å². The molecule has 0 aliphatic rings. The molecule has 0 radical (unpaired) electrons. The van der Waals surface area contributed by atoms with Crippen LogP contribution in [0.25, 0.3) is 0 Å². The second-order valence-electron chi connectivity index (χ2n) is 3.78. The van der Waals surface area contributed by atoms with Gasteiger partial charge in [-0.2, -0.15) is 16.6 Å². The molecule has 2 N–H and O–H groups in total. The third-order valence-electron chi connectivity index (χ3n) is 2.35. The van der Waals surface area contributed by atoms with Crippen LogP contribution in [0.4, 0.5) is 5.95 Å². The van der Waals surface area contributed by atoms with Gasteiger partial charge in [0.15, 0.2) is 0 Å². The summed E-state index contributed by atoms with van der Waals surface area (Å²) >= 11 is 1.54. The Balaban J connectivity index is 2.02. The summed E-state index contributed by atoms with van der Waals surface area (Å²) in [5.41, 5.74) is 1.89. The van der Waals surface area contributed by atoms with Crippen LogP contribution in [0.3, 0.4) is 0 Å². The third-order valence-corrected chi connectivity index (χ3v) is 3.05. The number of hydrogen-bond acceptors (Lipinski definition) is 6. The Morgan fingerprint density at radius 3 is 3.06 bits per heavy atom. The molecule has 1 atom stereocenters. The van der Waals surface area contributed by atoms with Crippen LogP contribution in [0.5, 0.6) is 0 Å². The maximum absolute atomic E-state index is 9.89. The van der Waals surface area contributed by atoms with Crippen LogP contribution in [-0.4, -0.2) is 21.6 Å². The fraction of sp³-hybridized carbons (Fsp3) is 0.250. The maximum Gasteiger partial charge on any atom is 0.224 e. The first kappa shape index (κ1) is 12.5. The average molecular weight is 260 g/mol. The summed E-state index contributed by atoms with van der Waals surface area (Å²) < 4.78 is 0. The van der Waals surface area contributed by atoms with Gasteiger partial charge in [0, 0.05) is 12.2 Å². The highest BCUT2D eigenvalue weighted by Crippen LogP contribution is 2.16. The van der Waals surface area contributed by atoms with Crippen LogP contribution in [0, 0.1) is 18.3 Å². The van der Waals surface area contributed by atoms with Gasteiger partial charge in [-0.25, -0.2) is 9.97 Å². The van der Waals surface area contributed by atoms with Crippen molar-refractivity contribution < 1.29 is 5.11 Å². The molecule has 0 aliphatic carbocycles. The van der Waals surface area contributed by atoms with E-state index < -0.39 is 6.10 Å². The van der Waals surface area contributed by atoms with Gasteiger partial charge in [-0.3, -0.25) is 0 Å². The summed E-state index contributed by atoms with van der Waals surface area (Å²) in [6.45, 7) is 2.11. The van der Waals surface area contributed by atoms with Crippen LogP contribution in [0.2, 0.25) is 0 Å². The lowest BCUT2D eigenvalue weighted by Crippen LogP contribution is -2.14. The second kappa shape index (κ2) is 5.58. The number of aliphatic hydroxyl groups is 1. The Morgan fingerprint density at radius 2 is 2.39 bits per heavy atom. The molecule has 0 bridgehead atoms. The van der Waals surface area contributed by atoms with Crippen molar-refractivity contribution in [1.82, 2.24) is 9.97 Å². The van der Waals surface area contributed by atoms with Gasteiger partial charge in [0.05, 0.1) is 6.10 Å². The summed E-state index contributed by atoms with van der Waals surface area (Å²) in [6.07, 6.45) is -0.606. The minimum absolute atomic E-state index is 0.311. The maximum atomic E-state index is 9.89. The van der Waals surface area contributed by atoms with Crippen LogP contribution in [0.1, 0.15) is 23.1 Å². The number of aromatic nitrogens is 2. The summed E-state index contributed by atoms with van der Waals surface area (Å²) in [7, 11) is 0. The number of nitriles is 1. The zero-order valence-corrected chi connectivity index (χ0v) is 10.6. The molecule has 18 heavy (non-hydrogen) atoms. The number of anilines is 1. The summed E-state index contributed by atoms with van der Waals surface area (Å²) in [5, 5.41) is 25.4. The van der Waals surface area contributed by atoms with Crippen molar-refractivity contribution in [3.8, 4) is 6.07 Å². The van der Waals surface area contributed by atoms with Crippen molar-refractivity contribution in [2.45, 2.75) is 13.0 Å². The van der Waals surface area contributed by atoms with Gasteiger partial charge in [-0.05, 0) is 35.4 Å². The highest BCUT2D eigenvalue weighted by molar-refractivity contribution is 7.07. The van der Waals surface area contributed by atoms with Gasteiger partial charge >= 0.3 is 0 Å². The molecule has 0 spiro atoms. The van der Waals surface area contributed by atoms with E-state index in [1.807, 2.05) is 22.9 Å². The highest BCUT2D eigenvalue weighted by atomic mass is 32.1. The number of thiophene rings is 1. The topological polar surface area (TPSA) is 81.8 Å². The van der Waals surface area contributed by atoms with E-state index in [4.69, 9.17) is 5.26 Å². The Labute approximate surface area is 109 Å². The lowest BCUT2D eigenvalue weighted by Gasteiger charge is -2.10. The SMILES string of the molecule is Cc1cc(C#N)nc(NCC(O)c2ccsc2)n1. The standard InChI is InChI=1S/C12H12N4OS/c1-8-4-10(5-13)16-12(15-8)14-6-11(17)9-2-3-18-7-9/h2-4,7,11,17H,6H2,1H3,(H,14,15,16). The Hall–Kier alpha value is -1.97. The first-order valence-corrected chi connectivity index (χ1v) is 6.33. The zero-order chi connectivity index (χ0) is 13.0. The number of aliphatic hydroxyl groups excluding tert-OH is 1. The van der Waals surface area contributed by atoms with Gasteiger partial charge in [0.25, 0.3) is 0 Å². The number of hydrogen-bond donors (Lipinski definition) is 2. The molecule has 0 aromatic carbocycles. The fourth-order valence-corrected chi connectivity index (χ4v) is 2.18. The van der Waals surface area contributed by atoms with Crippen LogP contribution in [0.15, 0.2) is 22.9 Å². The first-order valence-electron chi connectivity index (χ1n) is 5.39. The lowest BCUT2D eigenvalue weighted by atomic mass is 10.2. The van der Waals surface area contributed by atoms with Crippen LogP contribution in [-0.2, 0) is 0 Å². The minimum Gasteiger partial charge on any atom is -0.387 e. The number of aryl methyl sites for hydroxylation is 1. The average Bonchev–Trinajstić information content (AvgIpc) is 2.89. The van der Waals surface area contributed by atoms with Crippen molar-refractivity contribution >= 4 is 17.3 Å². The van der Waals surface area contributed by atoms with Crippen molar-refractivity contribution in [3.05, 3.63) is 39.8 Å². The van der Waals surface area contributed by atoms with E-state index >= 15 is 0 Å². The third kappa shape index (κ3) is 3.03. The molecule has 2 aromatic heterocycles. The molecule has 5 nitrogen and oxygen atoms in total. The number of nitrogens with one attached hydrogen (secondary N) is 1. The molecule has 0 fully saturated rings. The molecule has 2 aromatic rings. The number of nitrogens with zero attached hydrogens (tertiary/aromatic N) is 3. The summed E-state index contributed by atoms with van der Waals surface area (Å²) in [4.78, 5) is 8.17. The molecular weight excluding hydrogens is 248 g/mol. The molecule has 0 aliphatic heterocycles. The number of rotatable bonds is 4. The summed E-state index contributed by atoms with van der Waals surface area (Å²) in [5.74, 6) is 0.362. The van der Waals surface area contributed by atoms with E-state index in [1.54, 1.807) is 13.0 Å². The van der Waals surface area contributed by atoms with Gasteiger partial charge in [0.2, 0.25) is 5.95 Å². The van der Waals surface area contributed by atoms with Crippen LogP contribution < -0.4 is 5.32 Å².